The fourth-order valence-electron chi connectivity index (χ4n) is 2.72. The van der Waals surface area contributed by atoms with Gasteiger partial charge in [0.1, 0.15) is 0 Å². The molecule has 4 nitrogen and oxygen atoms in total. The second-order valence-electron chi connectivity index (χ2n) is 5.56. The van der Waals surface area contributed by atoms with Crippen molar-refractivity contribution in [2.24, 2.45) is 0 Å². The fraction of sp³-hybridized carbons (Fsp3) is 0.600. The van der Waals surface area contributed by atoms with Crippen molar-refractivity contribution in [3.63, 3.8) is 0 Å². The van der Waals surface area contributed by atoms with Crippen molar-refractivity contribution in [1.29, 1.82) is 0 Å². The molecule has 1 amide bonds. The van der Waals surface area contributed by atoms with Gasteiger partial charge in [0, 0.05) is 25.0 Å². The summed E-state index contributed by atoms with van der Waals surface area (Å²) in [6.45, 7) is 1.70. The van der Waals surface area contributed by atoms with Gasteiger partial charge in [-0.1, -0.05) is 6.42 Å². The van der Waals surface area contributed by atoms with Crippen LogP contribution in [0.1, 0.15) is 37.7 Å². The second-order valence-corrected chi connectivity index (χ2v) is 5.56. The van der Waals surface area contributed by atoms with Crippen LogP contribution in [-0.2, 0) is 11.3 Å². The number of rotatable bonds is 4. The Balaban J connectivity index is 1.68. The lowest BCUT2D eigenvalue weighted by Crippen LogP contribution is -2.49. The minimum atomic E-state index is 0.0381. The van der Waals surface area contributed by atoms with Gasteiger partial charge in [0.15, 0.2) is 0 Å². The number of piperidine rings is 1. The summed E-state index contributed by atoms with van der Waals surface area (Å²) < 4.78 is 0. The monoisotopic (exact) mass is 259 g/mol. The molecule has 0 spiro atoms. The van der Waals surface area contributed by atoms with Crippen molar-refractivity contribution >= 4 is 5.91 Å². The lowest BCUT2D eigenvalue weighted by atomic mass is 10.0. The van der Waals surface area contributed by atoms with Crippen LogP contribution in [0.5, 0.6) is 0 Å². The summed E-state index contributed by atoms with van der Waals surface area (Å²) in [5, 5.41) is 3.36. The first kappa shape index (κ1) is 12.6. The molecular formula is C15H21N3O. The SMILES string of the molecule is O=C([C@H]1CCCCN1)N(Cc1ccncc1)C1CC1. The van der Waals surface area contributed by atoms with E-state index in [2.05, 4.69) is 15.2 Å². The third-order valence-electron chi connectivity index (χ3n) is 3.98. The molecule has 0 aromatic carbocycles. The van der Waals surface area contributed by atoms with Crippen molar-refractivity contribution in [1.82, 2.24) is 15.2 Å². The van der Waals surface area contributed by atoms with E-state index in [0.717, 1.165) is 38.8 Å². The maximum atomic E-state index is 12.6. The number of nitrogens with one attached hydrogen (secondary N) is 1. The fourth-order valence-corrected chi connectivity index (χ4v) is 2.72. The molecule has 0 bridgehead atoms. The number of pyridine rings is 1. The lowest BCUT2D eigenvalue weighted by Gasteiger charge is -2.30. The molecule has 1 saturated heterocycles. The van der Waals surface area contributed by atoms with Crippen LogP contribution in [0.3, 0.4) is 0 Å². The predicted molar refractivity (Wildman–Crippen MR) is 73.5 cm³/mol. The van der Waals surface area contributed by atoms with E-state index in [1.165, 1.54) is 12.0 Å². The number of aromatic nitrogens is 1. The smallest absolute Gasteiger partial charge is 0.240 e. The molecule has 1 aliphatic carbocycles. The minimum Gasteiger partial charge on any atom is -0.334 e. The highest BCUT2D eigenvalue weighted by Gasteiger charge is 2.36. The maximum absolute atomic E-state index is 12.6. The highest BCUT2D eigenvalue weighted by atomic mass is 16.2. The van der Waals surface area contributed by atoms with Crippen LogP contribution in [0.4, 0.5) is 0 Å². The van der Waals surface area contributed by atoms with Gasteiger partial charge < -0.3 is 10.2 Å². The van der Waals surface area contributed by atoms with E-state index in [9.17, 15) is 4.79 Å². The van der Waals surface area contributed by atoms with Crippen LogP contribution < -0.4 is 5.32 Å². The average molecular weight is 259 g/mol. The van der Waals surface area contributed by atoms with Gasteiger partial charge in [-0.05, 0) is 49.9 Å². The molecule has 2 heterocycles. The van der Waals surface area contributed by atoms with Gasteiger partial charge >= 0.3 is 0 Å². The standard InChI is InChI=1S/C15H21N3O/c19-15(14-3-1-2-8-17-14)18(13-4-5-13)11-12-6-9-16-10-7-12/h6-7,9-10,13-14,17H,1-5,8,11H2/t14-/m1/s1. The van der Waals surface area contributed by atoms with E-state index < -0.39 is 0 Å². The molecule has 1 aliphatic heterocycles. The van der Waals surface area contributed by atoms with Crippen LogP contribution in [0.15, 0.2) is 24.5 Å². The molecule has 2 aliphatic rings. The van der Waals surface area contributed by atoms with E-state index in [0.29, 0.717) is 11.9 Å². The molecule has 2 fully saturated rings. The summed E-state index contributed by atoms with van der Waals surface area (Å²) in [5.41, 5.74) is 1.17. The normalized spacial score (nSPS) is 23.1. The van der Waals surface area contributed by atoms with Crippen molar-refractivity contribution < 1.29 is 4.79 Å². The number of amides is 1. The van der Waals surface area contributed by atoms with Crippen molar-refractivity contribution in [2.45, 2.75) is 50.7 Å². The molecule has 0 unspecified atom stereocenters. The Kier molecular flexibility index (Phi) is 3.78. The zero-order valence-electron chi connectivity index (χ0n) is 11.2. The molecule has 1 aromatic rings. The van der Waals surface area contributed by atoms with Gasteiger partial charge in [-0.3, -0.25) is 9.78 Å². The third-order valence-corrected chi connectivity index (χ3v) is 3.98. The van der Waals surface area contributed by atoms with Crippen LogP contribution in [0, 0.1) is 0 Å². The highest BCUT2D eigenvalue weighted by Crippen LogP contribution is 2.29. The van der Waals surface area contributed by atoms with Gasteiger partial charge in [0.05, 0.1) is 6.04 Å². The minimum absolute atomic E-state index is 0.0381. The lowest BCUT2D eigenvalue weighted by molar-refractivity contribution is -0.135. The average Bonchev–Trinajstić information content (AvgIpc) is 3.31. The summed E-state index contributed by atoms with van der Waals surface area (Å²) in [4.78, 5) is 18.7. The van der Waals surface area contributed by atoms with Crippen LogP contribution >= 0.6 is 0 Å². The quantitative estimate of drug-likeness (QED) is 0.895. The topological polar surface area (TPSA) is 45.2 Å². The van der Waals surface area contributed by atoms with Gasteiger partial charge in [-0.25, -0.2) is 0 Å². The summed E-state index contributed by atoms with van der Waals surface area (Å²) in [6.07, 6.45) is 9.24. The Morgan fingerprint density at radius 1 is 1.26 bits per heavy atom. The van der Waals surface area contributed by atoms with Gasteiger partial charge in [-0.15, -0.1) is 0 Å². The van der Waals surface area contributed by atoms with Crippen molar-refractivity contribution in [3.8, 4) is 0 Å². The summed E-state index contributed by atoms with van der Waals surface area (Å²) in [7, 11) is 0. The Morgan fingerprint density at radius 2 is 2.05 bits per heavy atom. The number of carbonyl (C=O) groups excluding carboxylic acids is 1. The Bertz CT molecular complexity index is 424. The molecule has 4 heteroatoms. The molecule has 19 heavy (non-hydrogen) atoms. The number of nitrogens with zero attached hydrogens (tertiary/aromatic N) is 2. The predicted octanol–water partition coefficient (Wildman–Crippen LogP) is 1.71. The zero-order chi connectivity index (χ0) is 13.1. The van der Waals surface area contributed by atoms with Gasteiger partial charge in [-0.2, -0.15) is 0 Å². The van der Waals surface area contributed by atoms with Crippen molar-refractivity contribution in [3.05, 3.63) is 30.1 Å². The van der Waals surface area contributed by atoms with Crippen LogP contribution in [0.25, 0.3) is 0 Å². The summed E-state index contributed by atoms with van der Waals surface area (Å²) in [6, 6.07) is 4.49. The number of hydrogen-bond donors (Lipinski definition) is 1. The molecule has 1 saturated carbocycles. The maximum Gasteiger partial charge on any atom is 0.240 e. The van der Waals surface area contributed by atoms with E-state index in [-0.39, 0.29) is 6.04 Å². The second kappa shape index (κ2) is 5.70. The first-order valence-corrected chi connectivity index (χ1v) is 7.27. The molecule has 0 radical (unpaired) electrons. The Morgan fingerprint density at radius 3 is 2.68 bits per heavy atom. The Labute approximate surface area is 114 Å². The van der Waals surface area contributed by atoms with E-state index >= 15 is 0 Å². The molecular weight excluding hydrogens is 238 g/mol. The van der Waals surface area contributed by atoms with Gasteiger partial charge in [0.25, 0.3) is 0 Å². The van der Waals surface area contributed by atoms with E-state index in [4.69, 9.17) is 0 Å². The van der Waals surface area contributed by atoms with Gasteiger partial charge in [0.2, 0.25) is 5.91 Å². The summed E-state index contributed by atoms with van der Waals surface area (Å²) in [5.74, 6) is 0.291. The van der Waals surface area contributed by atoms with E-state index in [1.54, 1.807) is 12.4 Å². The highest BCUT2D eigenvalue weighted by molar-refractivity contribution is 5.82. The molecule has 102 valence electrons. The molecule has 1 N–H and O–H groups in total. The number of hydrogen-bond acceptors (Lipinski definition) is 3. The number of carbonyl (C=O) groups is 1. The molecule has 3 rings (SSSR count). The van der Waals surface area contributed by atoms with E-state index in [1.807, 2.05) is 12.1 Å². The molecule has 1 aromatic heterocycles. The van der Waals surface area contributed by atoms with Crippen LogP contribution in [0.2, 0.25) is 0 Å². The molecule has 1 atom stereocenters. The third kappa shape index (κ3) is 3.13. The summed E-state index contributed by atoms with van der Waals surface area (Å²) >= 11 is 0. The Hall–Kier alpha value is -1.42. The zero-order valence-corrected chi connectivity index (χ0v) is 11.2. The largest absolute Gasteiger partial charge is 0.334 e. The first-order chi connectivity index (χ1) is 9.34. The first-order valence-electron chi connectivity index (χ1n) is 7.27. The van der Waals surface area contributed by atoms with Crippen LogP contribution in [-0.4, -0.2) is 34.4 Å². The van der Waals surface area contributed by atoms with Crippen molar-refractivity contribution in [2.75, 3.05) is 6.54 Å².